The molecule has 1 N–H and O–H groups in total. The average molecular weight is 231 g/mol. The third-order valence-corrected chi connectivity index (χ3v) is 2.70. The van der Waals surface area contributed by atoms with E-state index in [0.717, 1.165) is 0 Å². The normalized spacial score (nSPS) is 35.8. The van der Waals surface area contributed by atoms with Gasteiger partial charge < -0.3 is 24.3 Å². The highest BCUT2D eigenvalue weighted by Gasteiger charge is 2.49. The molecule has 2 fully saturated rings. The Bertz CT molecular complexity index is 280. The molecule has 6 nitrogen and oxygen atoms in total. The Morgan fingerprint density at radius 2 is 2.25 bits per heavy atom. The predicted molar refractivity (Wildman–Crippen MR) is 54.0 cm³/mol. The van der Waals surface area contributed by atoms with Crippen LogP contribution < -0.4 is 5.32 Å². The molecule has 2 saturated heterocycles. The van der Waals surface area contributed by atoms with Crippen LogP contribution >= 0.6 is 0 Å². The Labute approximate surface area is 94.2 Å². The molecule has 1 amide bonds. The van der Waals surface area contributed by atoms with Crippen LogP contribution in [0.3, 0.4) is 0 Å². The molecule has 0 aliphatic carbocycles. The van der Waals surface area contributed by atoms with Gasteiger partial charge in [0.15, 0.2) is 5.79 Å². The number of rotatable bonds is 2. The number of carbonyl (C=O) groups is 1. The van der Waals surface area contributed by atoms with E-state index in [1.165, 1.54) is 7.11 Å². The first-order chi connectivity index (χ1) is 7.52. The Morgan fingerprint density at radius 1 is 1.50 bits per heavy atom. The molecule has 0 aromatic carbocycles. The van der Waals surface area contributed by atoms with Crippen LogP contribution in [0.25, 0.3) is 0 Å². The Balaban J connectivity index is 1.86. The fourth-order valence-corrected chi connectivity index (χ4v) is 2.05. The molecule has 6 heteroatoms. The second-order valence-corrected chi connectivity index (χ2v) is 4.38. The van der Waals surface area contributed by atoms with E-state index in [4.69, 9.17) is 14.2 Å². The predicted octanol–water partition coefficient (Wildman–Crippen LogP) is 0.261. The summed E-state index contributed by atoms with van der Waals surface area (Å²) in [5.41, 5.74) is 0. The lowest BCUT2D eigenvalue weighted by molar-refractivity contribution is -0.174. The minimum absolute atomic E-state index is 0.0422. The van der Waals surface area contributed by atoms with Crippen LogP contribution in [-0.4, -0.2) is 50.5 Å². The lowest BCUT2D eigenvalue weighted by Crippen LogP contribution is -2.39. The number of hydrogen-bond donors (Lipinski definition) is 1. The van der Waals surface area contributed by atoms with Crippen LogP contribution in [0.4, 0.5) is 4.79 Å². The highest BCUT2D eigenvalue weighted by molar-refractivity contribution is 5.66. The van der Waals surface area contributed by atoms with Gasteiger partial charge >= 0.3 is 6.09 Å². The van der Waals surface area contributed by atoms with Crippen LogP contribution in [0.5, 0.6) is 0 Å². The Morgan fingerprint density at radius 3 is 2.94 bits per heavy atom. The summed E-state index contributed by atoms with van der Waals surface area (Å²) in [7, 11) is 1.33. The molecule has 92 valence electrons. The molecule has 0 unspecified atom stereocenters. The highest BCUT2D eigenvalue weighted by atomic mass is 16.8. The Kier molecular flexibility index (Phi) is 3.05. The summed E-state index contributed by atoms with van der Waals surface area (Å²) in [6.45, 7) is 4.61. The van der Waals surface area contributed by atoms with Crippen molar-refractivity contribution in [1.82, 2.24) is 5.32 Å². The van der Waals surface area contributed by atoms with Gasteiger partial charge in [0.25, 0.3) is 0 Å². The first-order valence-corrected chi connectivity index (χ1v) is 5.31. The maximum Gasteiger partial charge on any atom is 0.406 e. The van der Waals surface area contributed by atoms with Gasteiger partial charge in [-0.2, -0.15) is 0 Å². The molecule has 0 saturated carbocycles. The largest absolute Gasteiger partial charge is 0.453 e. The first kappa shape index (κ1) is 11.6. The van der Waals surface area contributed by atoms with Crippen molar-refractivity contribution in [3.8, 4) is 0 Å². The van der Waals surface area contributed by atoms with Gasteiger partial charge in [0.05, 0.1) is 13.7 Å². The van der Waals surface area contributed by atoms with Gasteiger partial charge in [0.1, 0.15) is 18.3 Å². The maximum absolute atomic E-state index is 10.9. The molecule has 0 aromatic rings. The van der Waals surface area contributed by atoms with Crippen LogP contribution in [-0.2, 0) is 18.9 Å². The Hall–Kier alpha value is -0.850. The van der Waals surface area contributed by atoms with Gasteiger partial charge in [0, 0.05) is 6.54 Å². The monoisotopic (exact) mass is 231 g/mol. The zero-order chi connectivity index (χ0) is 11.8. The second-order valence-electron chi connectivity index (χ2n) is 4.38. The van der Waals surface area contributed by atoms with Gasteiger partial charge in [-0.15, -0.1) is 0 Å². The van der Waals surface area contributed by atoms with Crippen LogP contribution in [0, 0.1) is 0 Å². The van der Waals surface area contributed by atoms with Crippen molar-refractivity contribution in [3.05, 3.63) is 0 Å². The number of amides is 1. The topological polar surface area (TPSA) is 66.0 Å². The molecular weight excluding hydrogens is 214 g/mol. The standard InChI is InChI=1S/C10H17NO5/c1-10(2)15-7-5-14-6(8(7)16-10)4-11-9(12)13-3/h6-8H,4-5H2,1-3H3,(H,11,12)/t6-,7+,8-/m0/s1. The number of nitrogens with one attached hydrogen (secondary N) is 1. The fraction of sp³-hybridized carbons (Fsp3) is 0.900. The summed E-state index contributed by atoms with van der Waals surface area (Å²) < 4.78 is 21.3. The molecule has 0 radical (unpaired) electrons. The molecule has 2 aliphatic heterocycles. The lowest BCUT2D eigenvalue weighted by atomic mass is 10.1. The van der Waals surface area contributed by atoms with E-state index in [1.807, 2.05) is 13.8 Å². The molecule has 0 bridgehead atoms. The molecule has 2 rings (SSSR count). The summed E-state index contributed by atoms with van der Waals surface area (Å²) in [5.74, 6) is -0.567. The molecule has 2 heterocycles. The highest BCUT2D eigenvalue weighted by Crippen LogP contribution is 2.34. The van der Waals surface area contributed by atoms with Crippen molar-refractivity contribution in [2.75, 3.05) is 20.3 Å². The lowest BCUT2D eigenvalue weighted by Gasteiger charge is -2.21. The second kappa shape index (κ2) is 4.20. The third kappa shape index (κ3) is 2.28. The summed E-state index contributed by atoms with van der Waals surface area (Å²) in [4.78, 5) is 10.9. The minimum Gasteiger partial charge on any atom is -0.453 e. The smallest absolute Gasteiger partial charge is 0.406 e. The zero-order valence-corrected chi connectivity index (χ0v) is 9.69. The van der Waals surface area contributed by atoms with Crippen molar-refractivity contribution in [2.24, 2.45) is 0 Å². The van der Waals surface area contributed by atoms with Gasteiger partial charge in [-0.05, 0) is 13.8 Å². The van der Waals surface area contributed by atoms with E-state index >= 15 is 0 Å². The van der Waals surface area contributed by atoms with Crippen molar-refractivity contribution >= 4 is 6.09 Å². The number of carbonyl (C=O) groups excluding carboxylic acids is 1. The van der Waals surface area contributed by atoms with E-state index in [-0.39, 0.29) is 18.3 Å². The van der Waals surface area contributed by atoms with Crippen molar-refractivity contribution in [1.29, 1.82) is 0 Å². The van der Waals surface area contributed by atoms with Crippen molar-refractivity contribution in [2.45, 2.75) is 37.9 Å². The fourth-order valence-electron chi connectivity index (χ4n) is 2.05. The van der Waals surface area contributed by atoms with Gasteiger partial charge in [-0.1, -0.05) is 0 Å². The molecule has 3 atom stereocenters. The molecule has 0 spiro atoms. The van der Waals surface area contributed by atoms with Crippen LogP contribution in [0.1, 0.15) is 13.8 Å². The third-order valence-electron chi connectivity index (χ3n) is 2.70. The molecule has 2 aliphatic rings. The average Bonchev–Trinajstić information content (AvgIpc) is 2.70. The number of fused-ring (bicyclic) bond motifs is 1. The summed E-state index contributed by atoms with van der Waals surface area (Å²) >= 11 is 0. The number of methoxy groups -OCH3 is 1. The van der Waals surface area contributed by atoms with E-state index in [2.05, 4.69) is 10.1 Å². The first-order valence-electron chi connectivity index (χ1n) is 5.31. The van der Waals surface area contributed by atoms with Crippen LogP contribution in [0.15, 0.2) is 0 Å². The number of ether oxygens (including phenoxy) is 4. The summed E-state index contributed by atoms with van der Waals surface area (Å²) in [6, 6.07) is 0. The van der Waals surface area contributed by atoms with Gasteiger partial charge in [0.2, 0.25) is 0 Å². The summed E-state index contributed by atoms with van der Waals surface area (Å²) in [5, 5.41) is 2.59. The SMILES string of the molecule is COC(=O)NC[C@@H]1OC[C@H]2OC(C)(C)O[C@@H]12. The molecular formula is C10H17NO5. The van der Waals surface area contributed by atoms with E-state index in [0.29, 0.717) is 13.2 Å². The summed E-state index contributed by atoms with van der Waals surface area (Å²) in [6.07, 6.45) is -0.803. The quantitative estimate of drug-likeness (QED) is 0.738. The molecule has 16 heavy (non-hydrogen) atoms. The van der Waals surface area contributed by atoms with Crippen molar-refractivity contribution < 1.29 is 23.7 Å². The van der Waals surface area contributed by atoms with Crippen molar-refractivity contribution in [3.63, 3.8) is 0 Å². The van der Waals surface area contributed by atoms with Gasteiger partial charge in [-0.3, -0.25) is 0 Å². The maximum atomic E-state index is 10.9. The van der Waals surface area contributed by atoms with Crippen LogP contribution in [0.2, 0.25) is 0 Å². The van der Waals surface area contributed by atoms with E-state index in [1.54, 1.807) is 0 Å². The number of hydrogen-bond acceptors (Lipinski definition) is 5. The minimum atomic E-state index is -0.567. The van der Waals surface area contributed by atoms with E-state index in [9.17, 15) is 4.79 Å². The zero-order valence-electron chi connectivity index (χ0n) is 9.69. The van der Waals surface area contributed by atoms with Gasteiger partial charge in [-0.25, -0.2) is 4.79 Å². The number of alkyl carbamates (subject to hydrolysis) is 1. The molecule has 0 aromatic heterocycles. The van der Waals surface area contributed by atoms with E-state index < -0.39 is 11.9 Å².